The number of aliphatic hydroxyl groups excluding tert-OH is 1. The van der Waals surface area contributed by atoms with Crippen LogP contribution >= 0.6 is 0 Å². The van der Waals surface area contributed by atoms with Gasteiger partial charge < -0.3 is 28.8 Å². The second kappa shape index (κ2) is 8.08. The van der Waals surface area contributed by atoms with Gasteiger partial charge in [0, 0.05) is 25.7 Å². The largest absolute Gasteiger partial charge is 0.387 e. The molecule has 170 valence electrons. The van der Waals surface area contributed by atoms with Gasteiger partial charge in [-0.3, -0.25) is 0 Å². The highest BCUT2D eigenvalue weighted by Crippen LogP contribution is 2.51. The smallest absolute Gasteiger partial charge is 0.169 e. The number of ether oxygens (including phenoxy) is 5. The Kier molecular flexibility index (Phi) is 5.37. The first-order valence-electron chi connectivity index (χ1n) is 12.2. The van der Waals surface area contributed by atoms with E-state index in [1.165, 1.54) is 12.8 Å². The second-order valence-electron chi connectivity index (χ2n) is 10.0. The van der Waals surface area contributed by atoms with E-state index in [-0.39, 0.29) is 18.3 Å². The van der Waals surface area contributed by atoms with Crippen LogP contribution in [-0.2, 0) is 30.3 Å². The van der Waals surface area contributed by atoms with Crippen LogP contribution in [0.5, 0.6) is 0 Å². The minimum absolute atomic E-state index is 0.270. The van der Waals surface area contributed by atoms with Crippen molar-refractivity contribution >= 4 is 0 Å². The summed E-state index contributed by atoms with van der Waals surface area (Å²) in [5.74, 6) is -1.15. The van der Waals surface area contributed by atoms with Crippen molar-refractivity contribution in [2.45, 2.75) is 119 Å². The summed E-state index contributed by atoms with van der Waals surface area (Å²) in [4.78, 5) is 0. The van der Waals surface area contributed by atoms with Crippen LogP contribution in [-0.4, -0.2) is 53.3 Å². The molecule has 1 aromatic carbocycles. The van der Waals surface area contributed by atoms with Crippen molar-refractivity contribution in [1.82, 2.24) is 0 Å². The fourth-order valence-electron chi connectivity index (χ4n) is 6.34. The number of aliphatic hydroxyl groups is 1. The van der Waals surface area contributed by atoms with Crippen molar-refractivity contribution in [3.63, 3.8) is 0 Å². The molecule has 6 atom stereocenters. The first-order valence-corrected chi connectivity index (χ1v) is 12.2. The highest BCUT2D eigenvalue weighted by molar-refractivity contribution is 5.14. The molecule has 5 aliphatic rings. The van der Waals surface area contributed by atoms with Gasteiger partial charge in [-0.25, -0.2) is 0 Å². The zero-order chi connectivity index (χ0) is 20.9. The van der Waals surface area contributed by atoms with E-state index in [0.717, 1.165) is 56.9 Å². The van der Waals surface area contributed by atoms with Gasteiger partial charge in [0.25, 0.3) is 0 Å². The van der Waals surface area contributed by atoms with Gasteiger partial charge in [-0.1, -0.05) is 43.2 Å². The second-order valence-corrected chi connectivity index (χ2v) is 10.0. The maximum atomic E-state index is 11.4. The fraction of sp³-hybridized carbons (Fsp3) is 0.760. The van der Waals surface area contributed by atoms with Crippen LogP contribution in [0.3, 0.4) is 0 Å². The molecule has 1 aromatic rings. The van der Waals surface area contributed by atoms with Crippen molar-refractivity contribution in [3.8, 4) is 0 Å². The molecular formula is C25H34O6. The molecule has 6 heteroatoms. The molecule has 2 aliphatic heterocycles. The average Bonchev–Trinajstić information content (AvgIpc) is 3.34. The Balaban J connectivity index is 1.28. The Hall–Kier alpha value is -1.02. The fourth-order valence-corrected chi connectivity index (χ4v) is 6.34. The van der Waals surface area contributed by atoms with Gasteiger partial charge in [-0.2, -0.15) is 0 Å². The molecule has 2 spiro atoms. The third-order valence-corrected chi connectivity index (χ3v) is 7.89. The van der Waals surface area contributed by atoms with Crippen molar-refractivity contribution in [1.29, 1.82) is 0 Å². The molecule has 31 heavy (non-hydrogen) atoms. The molecule has 1 N–H and O–H groups in total. The van der Waals surface area contributed by atoms with Crippen LogP contribution in [0.2, 0.25) is 0 Å². The van der Waals surface area contributed by atoms with Crippen molar-refractivity contribution in [2.24, 2.45) is 0 Å². The monoisotopic (exact) mass is 430 g/mol. The summed E-state index contributed by atoms with van der Waals surface area (Å²) in [7, 11) is 0. The summed E-state index contributed by atoms with van der Waals surface area (Å²) in [6, 6.07) is 10.1. The molecule has 0 radical (unpaired) electrons. The van der Waals surface area contributed by atoms with Crippen molar-refractivity contribution in [2.75, 3.05) is 0 Å². The lowest BCUT2D eigenvalue weighted by Crippen LogP contribution is -2.62. The number of benzene rings is 1. The van der Waals surface area contributed by atoms with Crippen LogP contribution < -0.4 is 0 Å². The Morgan fingerprint density at radius 2 is 1.23 bits per heavy atom. The van der Waals surface area contributed by atoms with E-state index in [1.807, 2.05) is 30.3 Å². The molecule has 3 aliphatic carbocycles. The summed E-state index contributed by atoms with van der Waals surface area (Å²) < 4.78 is 32.6. The molecule has 6 nitrogen and oxygen atoms in total. The molecule has 6 rings (SSSR count). The maximum absolute atomic E-state index is 11.4. The Morgan fingerprint density at radius 3 is 1.84 bits per heavy atom. The number of rotatable bonds is 3. The van der Waals surface area contributed by atoms with Crippen LogP contribution in [0.4, 0.5) is 0 Å². The first kappa shape index (κ1) is 20.6. The number of hydrogen-bond acceptors (Lipinski definition) is 6. The standard InChI is InChI=1S/C25H34O6/c26-18-19(27-16-17-10-4-1-5-11-17)21-23(31-25(29-21)14-8-3-9-15-25)22-20(18)28-24(30-22)12-6-2-7-13-24/h1,4-5,10-11,18-23,26H,2-3,6-9,12-16H2/t18-,19+,20+,21+,22-,23-/m1/s1. The average molecular weight is 431 g/mol. The van der Waals surface area contributed by atoms with E-state index in [1.54, 1.807) is 0 Å². The summed E-state index contributed by atoms with van der Waals surface area (Å²) in [5.41, 5.74) is 1.08. The highest BCUT2D eigenvalue weighted by Gasteiger charge is 2.66. The summed E-state index contributed by atoms with van der Waals surface area (Å²) in [6.07, 6.45) is 7.70. The molecule has 0 unspecified atom stereocenters. The predicted molar refractivity (Wildman–Crippen MR) is 112 cm³/mol. The highest BCUT2D eigenvalue weighted by atomic mass is 16.8. The molecule has 5 fully saturated rings. The normalized spacial score (nSPS) is 40.7. The minimum Gasteiger partial charge on any atom is -0.387 e. The molecule has 0 bridgehead atoms. The molecule has 0 aromatic heterocycles. The SMILES string of the molecule is O[C@@H]1[C@H](OCc2ccccc2)[C@@H]2OC3(CCCCC3)O[C@H]2[C@@H]2OC3(CCCCC3)O[C@@H]12. The van der Waals surface area contributed by atoms with Crippen molar-refractivity contribution < 1.29 is 28.8 Å². The maximum Gasteiger partial charge on any atom is 0.169 e. The van der Waals surface area contributed by atoms with Crippen molar-refractivity contribution in [3.05, 3.63) is 35.9 Å². The quantitative estimate of drug-likeness (QED) is 0.786. The van der Waals surface area contributed by atoms with Gasteiger partial charge in [0.15, 0.2) is 11.6 Å². The van der Waals surface area contributed by atoms with E-state index in [2.05, 4.69) is 0 Å². The van der Waals surface area contributed by atoms with E-state index in [9.17, 15) is 5.11 Å². The number of fused-ring (bicyclic) bond motifs is 3. The van der Waals surface area contributed by atoms with Gasteiger partial charge in [-0.15, -0.1) is 0 Å². The number of hydrogen-bond donors (Lipinski definition) is 1. The van der Waals surface area contributed by atoms with E-state index in [4.69, 9.17) is 23.7 Å². The lowest BCUT2D eigenvalue weighted by atomic mass is 9.85. The zero-order valence-electron chi connectivity index (χ0n) is 18.1. The predicted octanol–water partition coefficient (Wildman–Crippen LogP) is 3.84. The molecule has 3 saturated carbocycles. The Morgan fingerprint density at radius 1 is 0.710 bits per heavy atom. The molecule has 2 heterocycles. The van der Waals surface area contributed by atoms with Crippen LogP contribution in [0.25, 0.3) is 0 Å². The minimum atomic E-state index is -0.807. The van der Waals surface area contributed by atoms with E-state index >= 15 is 0 Å². The van der Waals surface area contributed by atoms with E-state index < -0.39 is 29.9 Å². The lowest BCUT2D eigenvalue weighted by molar-refractivity contribution is -0.227. The van der Waals surface area contributed by atoms with Gasteiger partial charge in [0.2, 0.25) is 0 Å². The topological polar surface area (TPSA) is 66.4 Å². The summed E-state index contributed by atoms with van der Waals surface area (Å²) in [6.45, 7) is 0.422. The van der Waals surface area contributed by atoms with Gasteiger partial charge >= 0.3 is 0 Å². The third-order valence-electron chi connectivity index (χ3n) is 7.89. The molecule has 2 saturated heterocycles. The molecular weight excluding hydrogens is 396 g/mol. The van der Waals surface area contributed by atoms with Gasteiger partial charge in [0.05, 0.1) is 6.61 Å². The van der Waals surface area contributed by atoms with Crippen LogP contribution in [0.1, 0.15) is 69.8 Å². The van der Waals surface area contributed by atoms with E-state index in [0.29, 0.717) is 6.61 Å². The van der Waals surface area contributed by atoms with Gasteiger partial charge in [0.1, 0.15) is 36.6 Å². The molecule has 0 amide bonds. The first-order chi connectivity index (χ1) is 15.2. The Labute approximate surface area is 184 Å². The Bertz CT molecular complexity index is 757. The zero-order valence-corrected chi connectivity index (χ0v) is 18.1. The summed E-state index contributed by atoms with van der Waals surface area (Å²) in [5, 5.41) is 11.4. The van der Waals surface area contributed by atoms with Gasteiger partial charge in [-0.05, 0) is 31.2 Å². The summed E-state index contributed by atoms with van der Waals surface area (Å²) >= 11 is 0. The lowest BCUT2D eigenvalue weighted by Gasteiger charge is -2.40. The third kappa shape index (κ3) is 3.65. The van der Waals surface area contributed by atoms with Crippen LogP contribution in [0, 0.1) is 0 Å². The van der Waals surface area contributed by atoms with Crippen LogP contribution in [0.15, 0.2) is 30.3 Å².